The quantitative estimate of drug-likeness (QED) is 0.530. The van der Waals surface area contributed by atoms with Gasteiger partial charge in [-0.15, -0.1) is 0 Å². The molecule has 0 atom stereocenters. The normalized spacial score (nSPS) is 15.1. The van der Waals surface area contributed by atoms with Gasteiger partial charge >= 0.3 is 0 Å². The molecule has 2 heteroatoms. The third kappa shape index (κ3) is 5.40. The summed E-state index contributed by atoms with van der Waals surface area (Å²) >= 11 is 0. The molecule has 2 radical (unpaired) electrons. The van der Waals surface area contributed by atoms with E-state index in [1.807, 2.05) is 12.1 Å². The second-order valence-corrected chi connectivity index (χ2v) is 5.18. The van der Waals surface area contributed by atoms with Gasteiger partial charge in [0.2, 0.25) is 0 Å². The van der Waals surface area contributed by atoms with E-state index >= 15 is 0 Å². The molecule has 1 aromatic carbocycles. The van der Waals surface area contributed by atoms with E-state index in [0.717, 1.165) is 24.3 Å². The summed E-state index contributed by atoms with van der Waals surface area (Å²) in [6, 6.07) is 8.18. The highest BCUT2D eigenvalue weighted by atomic mass is 14.8. The van der Waals surface area contributed by atoms with Crippen molar-refractivity contribution in [3.63, 3.8) is 0 Å². The highest BCUT2D eigenvalue weighted by Crippen LogP contribution is 2.33. The van der Waals surface area contributed by atoms with Gasteiger partial charge in [-0.05, 0) is 37.4 Å². The Bertz CT molecular complexity index is 316. The van der Waals surface area contributed by atoms with Crippen LogP contribution in [-0.2, 0) is 6.42 Å². The van der Waals surface area contributed by atoms with Gasteiger partial charge in [-0.3, -0.25) is 0 Å². The van der Waals surface area contributed by atoms with Gasteiger partial charge < -0.3 is 5.32 Å². The molecule has 0 heterocycles. The van der Waals surface area contributed by atoms with Gasteiger partial charge in [-0.25, -0.2) is 0 Å². The highest BCUT2D eigenvalue weighted by molar-refractivity contribution is 6.32. The Hall–Kier alpha value is -0.755. The Morgan fingerprint density at radius 2 is 1.82 bits per heavy atom. The second-order valence-electron chi connectivity index (χ2n) is 5.18. The lowest BCUT2D eigenvalue weighted by molar-refractivity contribution is 0.580. The van der Waals surface area contributed by atoms with Gasteiger partial charge in [0.25, 0.3) is 0 Å². The molecule has 0 saturated heterocycles. The topological polar surface area (TPSA) is 12.0 Å². The van der Waals surface area contributed by atoms with Crippen molar-refractivity contribution in [1.82, 2.24) is 5.32 Å². The zero-order chi connectivity index (χ0) is 11.9. The number of rotatable bonds is 8. The van der Waals surface area contributed by atoms with E-state index in [0.29, 0.717) is 0 Å². The lowest BCUT2D eigenvalue weighted by Crippen LogP contribution is -2.18. The molecule has 90 valence electrons. The standard InChI is InChI=1S/C15H22BN/c16-15-8-6-14(7-9-15)10-12-17-11-2-1-3-13-4-5-13/h6-9,13,17H,1-5,10-12H2. The van der Waals surface area contributed by atoms with Crippen LogP contribution in [-0.4, -0.2) is 20.9 Å². The molecule has 2 rings (SSSR count). The van der Waals surface area contributed by atoms with Crippen molar-refractivity contribution >= 4 is 13.3 Å². The van der Waals surface area contributed by atoms with Crippen LogP contribution in [0.5, 0.6) is 0 Å². The third-order valence-electron chi connectivity index (χ3n) is 3.48. The first-order valence-corrected chi connectivity index (χ1v) is 6.90. The average molecular weight is 227 g/mol. The molecule has 0 aromatic heterocycles. The van der Waals surface area contributed by atoms with Crippen LogP contribution in [0.2, 0.25) is 0 Å². The fraction of sp³-hybridized carbons (Fsp3) is 0.600. The molecule has 1 N–H and O–H groups in total. The molecule has 0 unspecified atom stereocenters. The number of hydrogen-bond acceptors (Lipinski definition) is 1. The smallest absolute Gasteiger partial charge is 0.113 e. The summed E-state index contributed by atoms with van der Waals surface area (Å²) in [5.41, 5.74) is 2.21. The minimum Gasteiger partial charge on any atom is -0.316 e. The molecule has 1 nitrogen and oxygen atoms in total. The summed E-state index contributed by atoms with van der Waals surface area (Å²) < 4.78 is 0. The van der Waals surface area contributed by atoms with Crippen LogP contribution in [0.15, 0.2) is 24.3 Å². The summed E-state index contributed by atoms with van der Waals surface area (Å²) in [6.45, 7) is 2.25. The van der Waals surface area contributed by atoms with Crippen molar-refractivity contribution in [3.05, 3.63) is 29.8 Å². The number of hydrogen-bond donors (Lipinski definition) is 1. The van der Waals surface area contributed by atoms with Gasteiger partial charge in [-0.2, -0.15) is 0 Å². The van der Waals surface area contributed by atoms with E-state index in [4.69, 9.17) is 7.85 Å². The van der Waals surface area contributed by atoms with Crippen molar-refractivity contribution in [2.24, 2.45) is 5.92 Å². The van der Waals surface area contributed by atoms with Crippen LogP contribution in [0.25, 0.3) is 0 Å². The Balaban J connectivity index is 1.46. The van der Waals surface area contributed by atoms with E-state index in [9.17, 15) is 0 Å². The van der Waals surface area contributed by atoms with E-state index in [1.165, 1.54) is 44.2 Å². The minimum absolute atomic E-state index is 0.849. The molecule has 1 aromatic rings. The SMILES string of the molecule is [B]c1ccc(CCNCCCCC2CC2)cc1. The Kier molecular flexibility index (Phi) is 5.12. The van der Waals surface area contributed by atoms with Crippen LogP contribution < -0.4 is 10.8 Å². The second kappa shape index (κ2) is 6.85. The maximum absolute atomic E-state index is 5.65. The van der Waals surface area contributed by atoms with Gasteiger partial charge in [-0.1, -0.05) is 55.4 Å². The Morgan fingerprint density at radius 1 is 1.06 bits per heavy atom. The molecule has 0 spiro atoms. The zero-order valence-corrected chi connectivity index (χ0v) is 10.6. The predicted molar refractivity (Wildman–Crippen MR) is 75.0 cm³/mol. The maximum Gasteiger partial charge on any atom is 0.113 e. The predicted octanol–water partition coefficient (Wildman–Crippen LogP) is 2.19. The highest BCUT2D eigenvalue weighted by Gasteiger charge is 2.19. The molecular formula is C15H22BN. The molecule has 17 heavy (non-hydrogen) atoms. The van der Waals surface area contributed by atoms with E-state index < -0.39 is 0 Å². The van der Waals surface area contributed by atoms with Crippen molar-refractivity contribution < 1.29 is 0 Å². The first-order chi connectivity index (χ1) is 8.34. The van der Waals surface area contributed by atoms with Crippen molar-refractivity contribution in [2.45, 2.75) is 38.5 Å². The lowest BCUT2D eigenvalue weighted by Gasteiger charge is -2.05. The van der Waals surface area contributed by atoms with Crippen LogP contribution >= 0.6 is 0 Å². The summed E-state index contributed by atoms with van der Waals surface area (Å²) in [7, 11) is 5.65. The van der Waals surface area contributed by atoms with Gasteiger partial charge in [0, 0.05) is 0 Å². The fourth-order valence-corrected chi connectivity index (χ4v) is 2.13. The first kappa shape index (κ1) is 12.7. The molecule has 0 amide bonds. The number of benzene rings is 1. The number of unbranched alkanes of at least 4 members (excludes halogenated alkanes) is 1. The summed E-state index contributed by atoms with van der Waals surface area (Å²) in [6.07, 6.45) is 8.27. The van der Waals surface area contributed by atoms with E-state index in [2.05, 4.69) is 17.4 Å². The van der Waals surface area contributed by atoms with Crippen molar-refractivity contribution in [1.29, 1.82) is 0 Å². The summed E-state index contributed by atoms with van der Waals surface area (Å²) in [5.74, 6) is 1.09. The molecule has 1 fully saturated rings. The van der Waals surface area contributed by atoms with Crippen molar-refractivity contribution in [2.75, 3.05) is 13.1 Å². The van der Waals surface area contributed by atoms with Crippen LogP contribution in [0.1, 0.15) is 37.7 Å². The minimum atomic E-state index is 0.849. The molecular weight excluding hydrogens is 205 g/mol. The lowest BCUT2D eigenvalue weighted by atomic mass is 9.95. The monoisotopic (exact) mass is 227 g/mol. The molecule has 1 aliphatic carbocycles. The fourth-order valence-electron chi connectivity index (χ4n) is 2.13. The molecule has 1 saturated carbocycles. The average Bonchev–Trinajstić information content (AvgIpc) is 3.14. The Labute approximate surface area is 106 Å². The number of nitrogens with one attached hydrogen (secondary N) is 1. The summed E-state index contributed by atoms with van der Waals surface area (Å²) in [4.78, 5) is 0. The van der Waals surface area contributed by atoms with Crippen LogP contribution in [0, 0.1) is 5.92 Å². The summed E-state index contributed by atoms with van der Waals surface area (Å²) in [5, 5.41) is 3.51. The van der Waals surface area contributed by atoms with Crippen LogP contribution in [0.3, 0.4) is 0 Å². The third-order valence-corrected chi connectivity index (χ3v) is 3.48. The molecule has 1 aliphatic rings. The van der Waals surface area contributed by atoms with E-state index in [1.54, 1.807) is 0 Å². The van der Waals surface area contributed by atoms with Crippen LogP contribution in [0.4, 0.5) is 0 Å². The first-order valence-electron chi connectivity index (χ1n) is 6.90. The van der Waals surface area contributed by atoms with Gasteiger partial charge in [0.05, 0.1) is 0 Å². The van der Waals surface area contributed by atoms with E-state index in [-0.39, 0.29) is 0 Å². The van der Waals surface area contributed by atoms with Crippen molar-refractivity contribution in [3.8, 4) is 0 Å². The maximum atomic E-state index is 5.65. The largest absolute Gasteiger partial charge is 0.316 e. The molecule has 0 aliphatic heterocycles. The van der Waals surface area contributed by atoms with Gasteiger partial charge in [0.15, 0.2) is 0 Å². The Morgan fingerprint density at radius 3 is 2.53 bits per heavy atom. The molecule has 0 bridgehead atoms. The van der Waals surface area contributed by atoms with Gasteiger partial charge in [0.1, 0.15) is 7.85 Å². The zero-order valence-electron chi connectivity index (χ0n) is 10.6.